The summed E-state index contributed by atoms with van der Waals surface area (Å²) in [5.74, 6) is 0.0783. The highest BCUT2D eigenvalue weighted by atomic mass is 19.1. The molecular weight excluding hydrogens is 255 g/mol. The molecule has 110 valence electrons. The molecule has 0 saturated carbocycles. The first-order valence-corrected chi connectivity index (χ1v) is 7.01. The number of nitrogen functional groups attached to an aromatic ring is 1. The number of nitrogens with zero attached hydrogens (tertiary/aromatic N) is 2. The van der Waals surface area contributed by atoms with Gasteiger partial charge in [0.2, 0.25) is 0 Å². The zero-order valence-electron chi connectivity index (χ0n) is 12.2. The highest BCUT2D eigenvalue weighted by Crippen LogP contribution is 2.27. The molecule has 1 aliphatic heterocycles. The van der Waals surface area contributed by atoms with Crippen molar-refractivity contribution in [3.63, 3.8) is 0 Å². The van der Waals surface area contributed by atoms with Crippen LogP contribution in [0.1, 0.15) is 18.4 Å². The minimum atomic E-state index is -0.412. The molecule has 1 fully saturated rings. The van der Waals surface area contributed by atoms with E-state index in [0.29, 0.717) is 5.92 Å². The smallest absolute Gasteiger partial charge is 0.136 e. The van der Waals surface area contributed by atoms with Crippen LogP contribution in [0.3, 0.4) is 0 Å². The van der Waals surface area contributed by atoms with Crippen molar-refractivity contribution in [1.82, 2.24) is 4.90 Å². The summed E-state index contributed by atoms with van der Waals surface area (Å²) in [6.07, 6.45) is 2.18. The SMILES string of the molecule is CN(C)CC1CCN(c2cccc(F)c2C(=N)N)CC1. The van der Waals surface area contributed by atoms with E-state index in [4.69, 9.17) is 11.1 Å². The third kappa shape index (κ3) is 3.28. The Morgan fingerprint density at radius 2 is 2.05 bits per heavy atom. The lowest BCUT2D eigenvalue weighted by molar-refractivity contribution is 0.285. The molecule has 0 bridgehead atoms. The number of rotatable bonds is 4. The third-order valence-corrected chi connectivity index (χ3v) is 3.84. The van der Waals surface area contributed by atoms with Gasteiger partial charge in [-0.1, -0.05) is 6.07 Å². The van der Waals surface area contributed by atoms with Gasteiger partial charge in [0, 0.05) is 19.6 Å². The maximum atomic E-state index is 13.9. The van der Waals surface area contributed by atoms with Crippen LogP contribution in [0.5, 0.6) is 0 Å². The molecule has 1 saturated heterocycles. The lowest BCUT2D eigenvalue weighted by atomic mass is 9.95. The zero-order chi connectivity index (χ0) is 14.7. The van der Waals surface area contributed by atoms with Crippen molar-refractivity contribution in [1.29, 1.82) is 5.41 Å². The van der Waals surface area contributed by atoms with Crippen molar-refractivity contribution in [2.24, 2.45) is 11.7 Å². The minimum Gasteiger partial charge on any atom is -0.384 e. The Labute approximate surface area is 119 Å². The molecule has 4 nitrogen and oxygen atoms in total. The van der Waals surface area contributed by atoms with E-state index >= 15 is 0 Å². The second kappa shape index (κ2) is 6.22. The Morgan fingerprint density at radius 3 is 2.60 bits per heavy atom. The van der Waals surface area contributed by atoms with Crippen molar-refractivity contribution >= 4 is 11.5 Å². The number of hydrogen-bond donors (Lipinski definition) is 2. The number of nitrogens with one attached hydrogen (secondary N) is 1. The zero-order valence-corrected chi connectivity index (χ0v) is 12.2. The maximum absolute atomic E-state index is 13.9. The second-order valence-corrected chi connectivity index (χ2v) is 5.74. The number of nitrogens with two attached hydrogens (primary N) is 1. The highest BCUT2D eigenvalue weighted by Gasteiger charge is 2.23. The fraction of sp³-hybridized carbons (Fsp3) is 0.533. The molecule has 0 aliphatic carbocycles. The lowest BCUT2D eigenvalue weighted by Gasteiger charge is -2.35. The first-order chi connectivity index (χ1) is 9.49. The van der Waals surface area contributed by atoms with Gasteiger partial charge in [-0.2, -0.15) is 0 Å². The topological polar surface area (TPSA) is 56.4 Å². The van der Waals surface area contributed by atoms with E-state index in [1.165, 1.54) is 6.07 Å². The van der Waals surface area contributed by atoms with Crippen LogP contribution in [0.25, 0.3) is 0 Å². The van der Waals surface area contributed by atoms with Gasteiger partial charge >= 0.3 is 0 Å². The highest BCUT2D eigenvalue weighted by molar-refractivity contribution is 6.00. The Balaban J connectivity index is 2.11. The minimum absolute atomic E-state index is 0.200. The Kier molecular flexibility index (Phi) is 4.60. The normalized spacial score (nSPS) is 16.7. The van der Waals surface area contributed by atoms with Gasteiger partial charge in [-0.25, -0.2) is 4.39 Å². The first-order valence-electron chi connectivity index (χ1n) is 7.01. The van der Waals surface area contributed by atoms with Gasteiger partial charge in [0.15, 0.2) is 0 Å². The van der Waals surface area contributed by atoms with E-state index in [1.807, 2.05) is 6.07 Å². The summed E-state index contributed by atoms with van der Waals surface area (Å²) < 4.78 is 13.9. The molecule has 0 atom stereocenters. The number of anilines is 1. The molecule has 0 spiro atoms. The van der Waals surface area contributed by atoms with Crippen molar-refractivity contribution in [3.05, 3.63) is 29.6 Å². The summed E-state index contributed by atoms with van der Waals surface area (Å²) in [5.41, 5.74) is 6.51. The largest absolute Gasteiger partial charge is 0.384 e. The van der Waals surface area contributed by atoms with E-state index in [2.05, 4.69) is 23.9 Å². The summed E-state index contributed by atoms with van der Waals surface area (Å²) in [4.78, 5) is 4.36. The maximum Gasteiger partial charge on any atom is 0.136 e. The number of benzene rings is 1. The van der Waals surface area contributed by atoms with Gasteiger partial charge < -0.3 is 15.5 Å². The fourth-order valence-electron chi connectivity index (χ4n) is 2.92. The molecule has 0 amide bonds. The van der Waals surface area contributed by atoms with Crippen LogP contribution in [0, 0.1) is 17.1 Å². The molecule has 1 aromatic carbocycles. The number of amidine groups is 1. The molecule has 0 radical (unpaired) electrons. The molecule has 20 heavy (non-hydrogen) atoms. The first kappa shape index (κ1) is 14.8. The van der Waals surface area contributed by atoms with Crippen LogP contribution in [-0.2, 0) is 0 Å². The van der Waals surface area contributed by atoms with E-state index < -0.39 is 5.82 Å². The summed E-state index contributed by atoms with van der Waals surface area (Å²) in [6.45, 7) is 2.88. The Morgan fingerprint density at radius 1 is 1.40 bits per heavy atom. The predicted molar refractivity (Wildman–Crippen MR) is 80.9 cm³/mol. The molecule has 1 heterocycles. The second-order valence-electron chi connectivity index (χ2n) is 5.74. The van der Waals surface area contributed by atoms with Gasteiger partial charge in [0.25, 0.3) is 0 Å². The number of piperidine rings is 1. The van der Waals surface area contributed by atoms with E-state index in [0.717, 1.165) is 38.2 Å². The van der Waals surface area contributed by atoms with Gasteiger partial charge in [0.1, 0.15) is 11.7 Å². The predicted octanol–water partition coefficient (Wildman–Crippen LogP) is 1.89. The van der Waals surface area contributed by atoms with Gasteiger partial charge in [0.05, 0.1) is 11.3 Å². The average Bonchev–Trinajstić information content (AvgIpc) is 2.38. The molecule has 0 unspecified atom stereocenters. The molecule has 1 aromatic rings. The van der Waals surface area contributed by atoms with E-state index in [-0.39, 0.29) is 11.4 Å². The molecule has 0 aromatic heterocycles. The summed E-state index contributed by atoms with van der Waals surface area (Å²) >= 11 is 0. The van der Waals surface area contributed by atoms with E-state index in [1.54, 1.807) is 6.07 Å². The third-order valence-electron chi connectivity index (χ3n) is 3.84. The van der Waals surface area contributed by atoms with Crippen LogP contribution in [-0.4, -0.2) is 44.5 Å². The van der Waals surface area contributed by atoms with E-state index in [9.17, 15) is 4.39 Å². The lowest BCUT2D eigenvalue weighted by Crippen LogP contribution is -2.38. The van der Waals surface area contributed by atoms with Gasteiger partial charge in [-0.05, 0) is 45.0 Å². The van der Waals surface area contributed by atoms with Crippen molar-refractivity contribution in [2.45, 2.75) is 12.8 Å². The molecular formula is C15H23FN4. The van der Waals surface area contributed by atoms with Crippen LogP contribution in [0.2, 0.25) is 0 Å². The van der Waals surface area contributed by atoms with Crippen LogP contribution in [0.15, 0.2) is 18.2 Å². The standard InChI is InChI=1S/C15H23FN4/c1-19(2)10-11-6-8-20(9-7-11)13-5-3-4-12(16)14(13)15(17)18/h3-5,11H,6-10H2,1-2H3,(H3,17,18). The summed E-state index contributed by atoms with van der Waals surface area (Å²) in [6, 6.07) is 4.90. The number of hydrogen-bond acceptors (Lipinski definition) is 3. The summed E-state index contributed by atoms with van der Waals surface area (Å²) in [7, 11) is 4.18. The average molecular weight is 278 g/mol. The van der Waals surface area contributed by atoms with Gasteiger partial charge in [-0.15, -0.1) is 0 Å². The number of halogens is 1. The van der Waals surface area contributed by atoms with Crippen molar-refractivity contribution < 1.29 is 4.39 Å². The molecule has 3 N–H and O–H groups in total. The Hall–Kier alpha value is -1.62. The molecule has 1 aliphatic rings. The molecule has 5 heteroatoms. The summed E-state index contributed by atoms with van der Waals surface area (Å²) in [5, 5.41) is 7.57. The quantitative estimate of drug-likeness (QED) is 0.653. The van der Waals surface area contributed by atoms with Crippen LogP contribution in [0.4, 0.5) is 10.1 Å². The van der Waals surface area contributed by atoms with Crippen LogP contribution < -0.4 is 10.6 Å². The van der Waals surface area contributed by atoms with Gasteiger partial charge in [-0.3, -0.25) is 5.41 Å². The monoisotopic (exact) mass is 278 g/mol. The Bertz CT molecular complexity index is 479. The van der Waals surface area contributed by atoms with Crippen molar-refractivity contribution in [2.75, 3.05) is 38.6 Å². The van der Waals surface area contributed by atoms with Crippen molar-refractivity contribution in [3.8, 4) is 0 Å². The molecule has 2 rings (SSSR count). The fourth-order valence-corrected chi connectivity index (χ4v) is 2.92. The van der Waals surface area contributed by atoms with Crippen LogP contribution >= 0.6 is 0 Å².